The number of aromatic nitrogens is 2. The summed E-state index contributed by atoms with van der Waals surface area (Å²) in [6.07, 6.45) is -0.261. The lowest BCUT2D eigenvalue weighted by molar-refractivity contribution is -0.114. The second kappa shape index (κ2) is 7.07. The van der Waals surface area contributed by atoms with Crippen LogP contribution in [0.25, 0.3) is 0 Å². The van der Waals surface area contributed by atoms with Crippen molar-refractivity contribution in [3.63, 3.8) is 0 Å². The number of aliphatic hydroxyl groups is 1. The normalized spacial score (nSPS) is 13.4. The summed E-state index contributed by atoms with van der Waals surface area (Å²) in [5.74, 6) is -0.0900. The Kier molecular flexibility index (Phi) is 5.99. The molecule has 0 aliphatic rings. The van der Waals surface area contributed by atoms with E-state index in [-0.39, 0.29) is 27.8 Å². The molecule has 0 spiro atoms. The summed E-state index contributed by atoms with van der Waals surface area (Å²) in [5.41, 5.74) is 0. The summed E-state index contributed by atoms with van der Waals surface area (Å²) in [5, 5.41) is 19.2. The molecule has 3 N–H and O–H groups in total. The predicted octanol–water partition coefficient (Wildman–Crippen LogP) is 0.182. The molecule has 8 nitrogen and oxygen atoms in total. The van der Waals surface area contributed by atoms with E-state index in [1.165, 1.54) is 6.92 Å². The number of hydrogen-bond acceptors (Lipinski definition) is 7. The van der Waals surface area contributed by atoms with Crippen LogP contribution in [-0.4, -0.2) is 42.3 Å². The smallest absolute Gasteiger partial charge is 0.269 e. The van der Waals surface area contributed by atoms with E-state index in [1.807, 2.05) is 13.8 Å². The Bertz CT molecular complexity index is 555. The first-order chi connectivity index (χ1) is 9.20. The fourth-order valence-electron chi connectivity index (χ4n) is 1.41. The number of aliphatic hydroxyl groups excluding tert-OH is 1. The monoisotopic (exact) mass is 322 g/mol. The molecule has 0 radical (unpaired) electrons. The Hall–Kier alpha value is -1.10. The molecule has 1 heterocycles. The van der Waals surface area contributed by atoms with Crippen molar-refractivity contribution in [3.05, 3.63) is 0 Å². The van der Waals surface area contributed by atoms with Crippen molar-refractivity contribution in [2.45, 2.75) is 37.6 Å². The Morgan fingerprint density at radius 1 is 1.40 bits per heavy atom. The van der Waals surface area contributed by atoms with Crippen LogP contribution in [0.15, 0.2) is 4.34 Å². The first-order valence-corrected chi connectivity index (χ1v) is 8.29. The van der Waals surface area contributed by atoms with Gasteiger partial charge in [-0.2, -0.15) is 0 Å². The molecule has 1 atom stereocenters. The van der Waals surface area contributed by atoms with Gasteiger partial charge in [-0.3, -0.25) is 4.79 Å². The van der Waals surface area contributed by atoms with Gasteiger partial charge in [-0.15, -0.1) is 10.2 Å². The van der Waals surface area contributed by atoms with Crippen LogP contribution in [0.5, 0.6) is 0 Å². The van der Waals surface area contributed by atoms with Crippen molar-refractivity contribution in [3.8, 4) is 0 Å². The molecule has 0 saturated heterocycles. The third-order valence-electron chi connectivity index (χ3n) is 2.17. The molecule has 114 valence electrons. The van der Waals surface area contributed by atoms with E-state index in [1.54, 1.807) is 0 Å². The molecule has 0 aromatic carbocycles. The van der Waals surface area contributed by atoms with Gasteiger partial charge in [0.25, 0.3) is 10.0 Å². The van der Waals surface area contributed by atoms with Gasteiger partial charge in [-0.25, -0.2) is 13.1 Å². The summed E-state index contributed by atoms with van der Waals surface area (Å²) in [4.78, 5) is 10.8. The van der Waals surface area contributed by atoms with E-state index in [0.29, 0.717) is 6.42 Å². The zero-order valence-electron chi connectivity index (χ0n) is 11.5. The van der Waals surface area contributed by atoms with Crippen LogP contribution in [0.2, 0.25) is 0 Å². The van der Waals surface area contributed by atoms with Gasteiger partial charge in [-0.05, 0) is 12.3 Å². The topological polar surface area (TPSA) is 121 Å². The second-order valence-corrected chi connectivity index (χ2v) is 7.61. The number of nitrogens with one attached hydrogen (secondary N) is 2. The number of carbonyl (C=O) groups is 1. The number of sulfonamides is 1. The van der Waals surface area contributed by atoms with Crippen molar-refractivity contribution in [1.29, 1.82) is 0 Å². The second-order valence-electron chi connectivity index (χ2n) is 4.69. The highest BCUT2D eigenvalue weighted by atomic mass is 32.2. The van der Waals surface area contributed by atoms with Gasteiger partial charge in [0, 0.05) is 13.5 Å². The minimum Gasteiger partial charge on any atom is -0.392 e. The Labute approximate surface area is 121 Å². The molecule has 0 fully saturated rings. The van der Waals surface area contributed by atoms with Crippen LogP contribution in [0, 0.1) is 5.92 Å². The minimum atomic E-state index is -3.82. The van der Waals surface area contributed by atoms with Crippen molar-refractivity contribution in [2.24, 2.45) is 5.92 Å². The average molecular weight is 322 g/mol. The van der Waals surface area contributed by atoms with Gasteiger partial charge in [-0.1, -0.05) is 25.2 Å². The fourth-order valence-corrected chi connectivity index (χ4v) is 3.47. The Morgan fingerprint density at radius 2 is 2.05 bits per heavy atom. The molecule has 1 aromatic rings. The number of nitrogens with zero attached hydrogens (tertiary/aromatic N) is 2. The molecule has 1 amide bonds. The Morgan fingerprint density at radius 3 is 2.60 bits per heavy atom. The molecule has 1 unspecified atom stereocenters. The highest BCUT2D eigenvalue weighted by Gasteiger charge is 2.21. The van der Waals surface area contributed by atoms with Gasteiger partial charge in [0.2, 0.25) is 15.4 Å². The van der Waals surface area contributed by atoms with Crippen LogP contribution in [0.4, 0.5) is 5.13 Å². The van der Waals surface area contributed by atoms with E-state index in [0.717, 1.165) is 11.3 Å². The lowest BCUT2D eigenvalue weighted by Crippen LogP contribution is -2.32. The van der Waals surface area contributed by atoms with E-state index < -0.39 is 16.1 Å². The van der Waals surface area contributed by atoms with Gasteiger partial charge in [0.05, 0.1) is 6.10 Å². The molecule has 1 aromatic heterocycles. The third kappa shape index (κ3) is 5.49. The molecule has 0 saturated carbocycles. The van der Waals surface area contributed by atoms with E-state index in [9.17, 15) is 18.3 Å². The molecular weight excluding hydrogens is 304 g/mol. The maximum absolute atomic E-state index is 11.9. The lowest BCUT2D eigenvalue weighted by Gasteiger charge is -2.12. The quantitative estimate of drug-likeness (QED) is 0.616. The number of rotatable bonds is 7. The summed E-state index contributed by atoms with van der Waals surface area (Å²) in [7, 11) is -3.82. The third-order valence-corrected chi connectivity index (χ3v) is 4.80. The highest BCUT2D eigenvalue weighted by molar-refractivity contribution is 7.91. The number of anilines is 1. The molecule has 10 heteroatoms. The number of carbonyl (C=O) groups excluding carboxylic acids is 1. The van der Waals surface area contributed by atoms with Gasteiger partial charge >= 0.3 is 0 Å². The molecule has 0 aliphatic carbocycles. The van der Waals surface area contributed by atoms with E-state index in [4.69, 9.17) is 0 Å². The van der Waals surface area contributed by atoms with Gasteiger partial charge < -0.3 is 10.4 Å². The summed E-state index contributed by atoms with van der Waals surface area (Å²) in [6.45, 7) is 5.07. The number of hydrogen-bond donors (Lipinski definition) is 3. The minimum absolute atomic E-state index is 0.0877. The zero-order valence-corrected chi connectivity index (χ0v) is 13.1. The maximum Gasteiger partial charge on any atom is 0.269 e. The van der Waals surface area contributed by atoms with Gasteiger partial charge in [0.1, 0.15) is 0 Å². The zero-order chi connectivity index (χ0) is 15.3. The van der Waals surface area contributed by atoms with E-state index >= 15 is 0 Å². The average Bonchev–Trinajstić information content (AvgIpc) is 2.74. The Balaban J connectivity index is 2.64. The van der Waals surface area contributed by atoms with Gasteiger partial charge in [0.15, 0.2) is 0 Å². The van der Waals surface area contributed by atoms with Crippen molar-refractivity contribution in [2.75, 3.05) is 11.9 Å². The number of amides is 1. The predicted molar refractivity (Wildman–Crippen MR) is 74.9 cm³/mol. The summed E-state index contributed by atoms with van der Waals surface area (Å²) < 4.78 is 25.8. The van der Waals surface area contributed by atoms with Crippen LogP contribution >= 0.6 is 11.3 Å². The maximum atomic E-state index is 11.9. The molecule has 1 rings (SSSR count). The summed E-state index contributed by atoms with van der Waals surface area (Å²) in [6, 6.07) is 0. The first-order valence-electron chi connectivity index (χ1n) is 5.99. The van der Waals surface area contributed by atoms with Crippen molar-refractivity contribution >= 4 is 32.4 Å². The molecule has 20 heavy (non-hydrogen) atoms. The standard InChI is InChI=1S/C10H18N4O4S2/c1-6(2)4-8(16)5-11-20(17,18)10-14-13-9(19-10)12-7(3)15/h6,8,11,16H,4-5H2,1-3H3,(H,12,13,15). The first kappa shape index (κ1) is 17.0. The molecular formula is C10H18N4O4S2. The molecule has 0 aliphatic heterocycles. The van der Waals surface area contributed by atoms with Crippen LogP contribution in [0.3, 0.4) is 0 Å². The van der Waals surface area contributed by atoms with Crippen molar-refractivity contribution in [1.82, 2.24) is 14.9 Å². The van der Waals surface area contributed by atoms with Crippen LogP contribution in [-0.2, 0) is 14.8 Å². The SMILES string of the molecule is CC(=O)Nc1nnc(S(=O)(=O)NCC(O)CC(C)C)s1. The highest BCUT2D eigenvalue weighted by Crippen LogP contribution is 2.19. The van der Waals surface area contributed by atoms with Crippen molar-refractivity contribution < 1.29 is 18.3 Å². The van der Waals surface area contributed by atoms with Crippen LogP contribution in [0.1, 0.15) is 27.2 Å². The molecule has 0 bridgehead atoms. The van der Waals surface area contributed by atoms with Crippen LogP contribution < -0.4 is 10.0 Å². The largest absolute Gasteiger partial charge is 0.392 e. The lowest BCUT2D eigenvalue weighted by atomic mass is 10.1. The fraction of sp³-hybridized carbons (Fsp3) is 0.700. The summed E-state index contributed by atoms with van der Waals surface area (Å²) >= 11 is 0.747. The van der Waals surface area contributed by atoms with E-state index in [2.05, 4.69) is 20.2 Å².